The Morgan fingerprint density at radius 2 is 1.96 bits per heavy atom. The molecule has 0 aliphatic carbocycles. The summed E-state index contributed by atoms with van der Waals surface area (Å²) in [6, 6.07) is 6.75. The van der Waals surface area contributed by atoms with Crippen LogP contribution in [-0.4, -0.2) is 41.8 Å². The number of nitrogens with one attached hydrogen (secondary N) is 2. The quantitative estimate of drug-likeness (QED) is 0.824. The molecular weight excluding hydrogens is 306 g/mol. The highest BCUT2D eigenvalue weighted by atomic mass is 16.2. The van der Waals surface area contributed by atoms with Crippen LogP contribution in [0.3, 0.4) is 0 Å². The zero-order valence-corrected chi connectivity index (χ0v) is 14.2. The molecule has 1 aliphatic heterocycles. The average Bonchev–Trinajstić information content (AvgIpc) is 2.52. The Balaban J connectivity index is 2.06. The summed E-state index contributed by atoms with van der Waals surface area (Å²) in [5.74, 6) is -0.344. The monoisotopic (exact) mass is 329 g/mol. The van der Waals surface area contributed by atoms with Crippen molar-refractivity contribution in [3.8, 4) is 0 Å². The van der Waals surface area contributed by atoms with Gasteiger partial charge in [0.25, 0.3) is 0 Å². The van der Waals surface area contributed by atoms with Crippen molar-refractivity contribution in [1.82, 2.24) is 10.2 Å². The van der Waals surface area contributed by atoms with Gasteiger partial charge in [-0.2, -0.15) is 0 Å². The Bertz CT molecular complexity index is 650. The second kappa shape index (κ2) is 7.77. The van der Waals surface area contributed by atoms with Gasteiger partial charge < -0.3 is 15.5 Å². The molecule has 0 unspecified atom stereocenters. The van der Waals surface area contributed by atoms with Gasteiger partial charge in [-0.15, -0.1) is 0 Å². The fraction of sp³-hybridized carbons (Fsp3) is 0.389. The Kier molecular flexibility index (Phi) is 5.73. The maximum absolute atomic E-state index is 12.4. The molecule has 24 heavy (non-hydrogen) atoms. The number of hydrogen-bond donors (Lipinski definition) is 2. The number of carbonyl (C=O) groups excluding carboxylic acids is 3. The number of rotatable bonds is 4. The third-order valence-electron chi connectivity index (χ3n) is 3.82. The predicted octanol–water partition coefficient (Wildman–Crippen LogP) is 1.64. The SMILES string of the molecule is CC(=O)Nc1ccc(/C=C\C(=O)N2CCNC(=O)[C@@H]2C(C)C)cc1. The largest absolute Gasteiger partial charge is 0.353 e. The van der Waals surface area contributed by atoms with Crippen LogP contribution in [0.5, 0.6) is 0 Å². The summed E-state index contributed by atoms with van der Waals surface area (Å²) in [6.07, 6.45) is 3.20. The van der Waals surface area contributed by atoms with E-state index in [4.69, 9.17) is 0 Å². The van der Waals surface area contributed by atoms with Crippen molar-refractivity contribution in [3.05, 3.63) is 35.9 Å². The number of amides is 3. The van der Waals surface area contributed by atoms with E-state index in [1.165, 1.54) is 13.0 Å². The molecule has 1 heterocycles. The Morgan fingerprint density at radius 3 is 2.54 bits per heavy atom. The third kappa shape index (κ3) is 4.44. The molecule has 1 saturated heterocycles. The van der Waals surface area contributed by atoms with Crippen LogP contribution in [0.15, 0.2) is 30.3 Å². The highest BCUT2D eigenvalue weighted by Gasteiger charge is 2.34. The van der Waals surface area contributed by atoms with Crippen molar-refractivity contribution in [2.75, 3.05) is 18.4 Å². The first-order valence-electron chi connectivity index (χ1n) is 8.02. The maximum atomic E-state index is 12.4. The third-order valence-corrected chi connectivity index (χ3v) is 3.82. The van der Waals surface area contributed by atoms with E-state index in [0.717, 1.165) is 5.56 Å². The summed E-state index contributed by atoms with van der Waals surface area (Å²) in [5.41, 5.74) is 1.55. The molecule has 6 heteroatoms. The van der Waals surface area contributed by atoms with Gasteiger partial charge in [-0.3, -0.25) is 14.4 Å². The van der Waals surface area contributed by atoms with Crippen molar-refractivity contribution in [2.45, 2.75) is 26.8 Å². The van der Waals surface area contributed by atoms with Crippen molar-refractivity contribution in [2.24, 2.45) is 5.92 Å². The van der Waals surface area contributed by atoms with Crippen molar-refractivity contribution >= 4 is 29.5 Å². The van der Waals surface area contributed by atoms with E-state index in [-0.39, 0.29) is 23.6 Å². The first-order valence-corrected chi connectivity index (χ1v) is 8.02. The van der Waals surface area contributed by atoms with Crippen LogP contribution < -0.4 is 10.6 Å². The Morgan fingerprint density at radius 1 is 1.29 bits per heavy atom. The summed E-state index contributed by atoms with van der Waals surface area (Å²) in [5, 5.41) is 5.49. The van der Waals surface area contributed by atoms with Gasteiger partial charge in [0, 0.05) is 31.8 Å². The minimum Gasteiger partial charge on any atom is -0.353 e. The Hall–Kier alpha value is -2.63. The fourth-order valence-electron chi connectivity index (χ4n) is 2.74. The first-order chi connectivity index (χ1) is 11.4. The molecule has 1 aromatic carbocycles. The molecule has 0 radical (unpaired) electrons. The van der Waals surface area contributed by atoms with Gasteiger partial charge >= 0.3 is 0 Å². The summed E-state index contributed by atoms with van der Waals surface area (Å²) in [6.45, 7) is 6.30. The number of carbonyl (C=O) groups is 3. The number of piperazine rings is 1. The van der Waals surface area contributed by atoms with E-state index in [1.54, 1.807) is 23.1 Å². The highest BCUT2D eigenvalue weighted by Crippen LogP contribution is 2.16. The van der Waals surface area contributed by atoms with E-state index >= 15 is 0 Å². The highest BCUT2D eigenvalue weighted by molar-refractivity contribution is 5.96. The molecule has 1 atom stereocenters. The van der Waals surface area contributed by atoms with E-state index in [2.05, 4.69) is 10.6 Å². The van der Waals surface area contributed by atoms with Crippen molar-refractivity contribution in [3.63, 3.8) is 0 Å². The molecule has 0 bridgehead atoms. The van der Waals surface area contributed by atoms with Crippen molar-refractivity contribution < 1.29 is 14.4 Å². The van der Waals surface area contributed by atoms with Crippen LogP contribution in [0.2, 0.25) is 0 Å². The molecule has 1 aromatic rings. The number of benzene rings is 1. The summed E-state index contributed by atoms with van der Waals surface area (Å²) >= 11 is 0. The molecule has 6 nitrogen and oxygen atoms in total. The van der Waals surface area contributed by atoms with Gasteiger partial charge in [0.15, 0.2) is 0 Å². The first kappa shape index (κ1) is 17.7. The van der Waals surface area contributed by atoms with Gasteiger partial charge in [0.1, 0.15) is 6.04 Å². The normalized spacial score (nSPS) is 17.9. The van der Waals surface area contributed by atoms with Crippen LogP contribution in [0, 0.1) is 5.92 Å². The van der Waals surface area contributed by atoms with Crippen LogP contribution in [0.25, 0.3) is 6.08 Å². The summed E-state index contributed by atoms with van der Waals surface area (Å²) in [7, 11) is 0. The molecule has 1 aliphatic rings. The second-order valence-electron chi connectivity index (χ2n) is 6.15. The molecule has 3 amide bonds. The fourth-order valence-corrected chi connectivity index (χ4v) is 2.74. The number of hydrogen-bond acceptors (Lipinski definition) is 3. The van der Waals surface area contributed by atoms with Crippen LogP contribution in [0.4, 0.5) is 5.69 Å². The van der Waals surface area contributed by atoms with E-state index < -0.39 is 6.04 Å². The number of anilines is 1. The van der Waals surface area contributed by atoms with Crippen LogP contribution in [-0.2, 0) is 14.4 Å². The summed E-state index contributed by atoms with van der Waals surface area (Å²) < 4.78 is 0. The van der Waals surface area contributed by atoms with E-state index in [1.807, 2.05) is 26.0 Å². The molecule has 0 spiro atoms. The topological polar surface area (TPSA) is 78.5 Å². The standard InChI is InChI=1S/C18H23N3O3/c1-12(2)17-18(24)19-10-11-21(17)16(23)9-6-14-4-7-15(8-5-14)20-13(3)22/h4-9,12,17H,10-11H2,1-3H3,(H,19,24)(H,20,22)/b9-6-/t17-/m0/s1. The Labute approximate surface area is 141 Å². The summed E-state index contributed by atoms with van der Waals surface area (Å²) in [4.78, 5) is 37.0. The molecule has 0 aromatic heterocycles. The number of nitrogens with zero attached hydrogens (tertiary/aromatic N) is 1. The molecule has 2 rings (SSSR count). The van der Waals surface area contributed by atoms with Gasteiger partial charge in [0.2, 0.25) is 17.7 Å². The minimum atomic E-state index is -0.432. The lowest BCUT2D eigenvalue weighted by Gasteiger charge is -2.36. The lowest BCUT2D eigenvalue weighted by molar-refractivity contribution is -0.141. The zero-order valence-electron chi connectivity index (χ0n) is 14.2. The maximum Gasteiger partial charge on any atom is 0.247 e. The van der Waals surface area contributed by atoms with Crippen LogP contribution >= 0.6 is 0 Å². The second-order valence-corrected chi connectivity index (χ2v) is 6.15. The van der Waals surface area contributed by atoms with E-state index in [9.17, 15) is 14.4 Å². The van der Waals surface area contributed by atoms with E-state index in [0.29, 0.717) is 18.8 Å². The van der Waals surface area contributed by atoms with Crippen LogP contribution in [0.1, 0.15) is 26.3 Å². The molecular formula is C18H23N3O3. The van der Waals surface area contributed by atoms with Gasteiger partial charge in [-0.1, -0.05) is 26.0 Å². The molecule has 128 valence electrons. The lowest BCUT2D eigenvalue weighted by Crippen LogP contribution is -2.58. The minimum absolute atomic E-state index is 0.0552. The lowest BCUT2D eigenvalue weighted by atomic mass is 9.99. The van der Waals surface area contributed by atoms with Gasteiger partial charge in [0.05, 0.1) is 0 Å². The molecule has 2 N–H and O–H groups in total. The molecule has 1 fully saturated rings. The molecule has 0 saturated carbocycles. The predicted molar refractivity (Wildman–Crippen MR) is 93.1 cm³/mol. The smallest absolute Gasteiger partial charge is 0.247 e. The van der Waals surface area contributed by atoms with Gasteiger partial charge in [-0.05, 0) is 29.7 Å². The van der Waals surface area contributed by atoms with Crippen molar-refractivity contribution in [1.29, 1.82) is 0 Å². The average molecular weight is 329 g/mol. The van der Waals surface area contributed by atoms with Gasteiger partial charge in [-0.25, -0.2) is 0 Å². The zero-order chi connectivity index (χ0) is 17.7.